The Balaban J connectivity index is 1.97. The Bertz CT molecular complexity index is 246. The molecule has 0 aromatic rings. The van der Waals surface area contributed by atoms with Gasteiger partial charge in [0.15, 0.2) is 0 Å². The van der Waals surface area contributed by atoms with Gasteiger partial charge in [0, 0.05) is 7.05 Å². The van der Waals surface area contributed by atoms with Crippen LogP contribution >= 0.6 is 0 Å². The number of unbranched alkanes of at least 4 members (excludes halogenated alkanes) is 7. The standard InChI is InChI=1S/C14H28N2O2/c1-3-4-5-6-7-8-9-10-11-13-12-16(18)14(17)15(13)2/h13,18H,3-12H2,1-2H3. The molecule has 0 spiro atoms. The van der Waals surface area contributed by atoms with Gasteiger partial charge in [0.1, 0.15) is 0 Å². The molecule has 0 bridgehead atoms. The van der Waals surface area contributed by atoms with Crippen LogP contribution in [0.2, 0.25) is 0 Å². The molecule has 1 saturated heterocycles. The smallest absolute Gasteiger partial charge is 0.321 e. The van der Waals surface area contributed by atoms with Crippen molar-refractivity contribution in [2.75, 3.05) is 13.6 Å². The summed E-state index contributed by atoms with van der Waals surface area (Å²) in [6, 6.07) is -0.0674. The average Bonchev–Trinajstić information content (AvgIpc) is 2.60. The monoisotopic (exact) mass is 256 g/mol. The number of hydrogen-bond acceptors (Lipinski definition) is 2. The van der Waals surface area contributed by atoms with Gasteiger partial charge in [-0.25, -0.2) is 9.86 Å². The lowest BCUT2D eigenvalue weighted by atomic mass is 10.0. The second-order valence-corrected chi connectivity index (χ2v) is 5.39. The predicted octanol–water partition coefficient (Wildman–Crippen LogP) is 3.64. The van der Waals surface area contributed by atoms with E-state index in [4.69, 9.17) is 0 Å². The molecule has 106 valence electrons. The van der Waals surface area contributed by atoms with E-state index in [9.17, 15) is 10.0 Å². The van der Waals surface area contributed by atoms with Crippen molar-refractivity contribution in [1.29, 1.82) is 0 Å². The maximum absolute atomic E-state index is 11.4. The molecule has 1 atom stereocenters. The van der Waals surface area contributed by atoms with Crippen molar-refractivity contribution >= 4 is 6.03 Å². The largest absolute Gasteiger partial charge is 0.343 e. The van der Waals surface area contributed by atoms with Crippen LogP contribution < -0.4 is 0 Å². The predicted molar refractivity (Wildman–Crippen MR) is 72.7 cm³/mol. The summed E-state index contributed by atoms with van der Waals surface area (Å²) in [6.45, 7) is 2.70. The number of likely N-dealkylation sites (N-methyl/N-ethyl adjacent to an activating group) is 1. The first-order valence-electron chi connectivity index (χ1n) is 7.40. The van der Waals surface area contributed by atoms with Crippen molar-refractivity contribution in [1.82, 2.24) is 9.96 Å². The van der Waals surface area contributed by atoms with Crippen LogP contribution in [0.15, 0.2) is 0 Å². The topological polar surface area (TPSA) is 43.8 Å². The molecule has 2 amide bonds. The van der Waals surface area contributed by atoms with Crippen LogP contribution in [-0.2, 0) is 0 Å². The lowest BCUT2D eigenvalue weighted by molar-refractivity contribution is -0.0283. The second kappa shape index (κ2) is 8.35. The quantitative estimate of drug-likeness (QED) is 0.505. The molecule has 1 fully saturated rings. The number of hydroxylamine groups is 2. The van der Waals surface area contributed by atoms with Gasteiger partial charge in [-0.05, 0) is 6.42 Å². The highest BCUT2D eigenvalue weighted by Gasteiger charge is 2.32. The normalized spacial score (nSPS) is 19.9. The van der Waals surface area contributed by atoms with E-state index in [0.717, 1.165) is 17.9 Å². The summed E-state index contributed by atoms with van der Waals surface area (Å²) in [7, 11) is 1.77. The van der Waals surface area contributed by atoms with Crippen molar-refractivity contribution in [2.24, 2.45) is 0 Å². The van der Waals surface area contributed by atoms with Gasteiger partial charge in [-0.3, -0.25) is 5.21 Å². The van der Waals surface area contributed by atoms with Gasteiger partial charge in [-0.2, -0.15) is 0 Å². The van der Waals surface area contributed by atoms with Gasteiger partial charge in [-0.15, -0.1) is 0 Å². The Morgan fingerprint density at radius 3 is 2.17 bits per heavy atom. The first-order chi connectivity index (χ1) is 8.66. The molecule has 0 radical (unpaired) electrons. The Morgan fingerprint density at radius 2 is 1.67 bits per heavy atom. The van der Waals surface area contributed by atoms with Crippen LogP contribution in [-0.4, -0.2) is 40.8 Å². The van der Waals surface area contributed by atoms with Crippen molar-refractivity contribution < 1.29 is 10.0 Å². The Kier molecular flexibility index (Phi) is 7.09. The fourth-order valence-electron chi connectivity index (χ4n) is 2.54. The van der Waals surface area contributed by atoms with E-state index in [-0.39, 0.29) is 12.1 Å². The lowest BCUT2D eigenvalue weighted by Crippen LogP contribution is -2.30. The first-order valence-corrected chi connectivity index (χ1v) is 7.40. The van der Waals surface area contributed by atoms with Gasteiger partial charge >= 0.3 is 6.03 Å². The molecule has 1 N–H and O–H groups in total. The van der Waals surface area contributed by atoms with E-state index in [1.807, 2.05) is 0 Å². The molecule has 4 heteroatoms. The minimum Gasteiger partial charge on any atom is -0.321 e. The highest BCUT2D eigenvalue weighted by atomic mass is 16.5. The Hall–Kier alpha value is -0.770. The number of carbonyl (C=O) groups is 1. The molecule has 0 aliphatic carbocycles. The summed E-state index contributed by atoms with van der Waals surface area (Å²) in [6.07, 6.45) is 11.5. The third-order valence-corrected chi connectivity index (χ3v) is 3.84. The summed E-state index contributed by atoms with van der Waals surface area (Å²) >= 11 is 0. The van der Waals surface area contributed by atoms with Gasteiger partial charge in [0.2, 0.25) is 0 Å². The van der Waals surface area contributed by atoms with E-state index in [0.29, 0.717) is 6.54 Å². The number of amides is 2. The molecule has 1 rings (SSSR count). The summed E-state index contributed by atoms with van der Waals surface area (Å²) in [4.78, 5) is 13.0. The molecule has 0 aromatic carbocycles. The summed E-state index contributed by atoms with van der Waals surface area (Å²) in [5.41, 5.74) is 0. The minimum absolute atomic E-state index is 0.197. The molecule has 4 nitrogen and oxygen atoms in total. The lowest BCUT2D eigenvalue weighted by Gasteiger charge is -2.16. The highest BCUT2D eigenvalue weighted by molar-refractivity contribution is 5.75. The van der Waals surface area contributed by atoms with E-state index in [2.05, 4.69) is 6.92 Å². The minimum atomic E-state index is -0.264. The maximum atomic E-state index is 11.4. The van der Waals surface area contributed by atoms with Crippen LogP contribution in [0.4, 0.5) is 4.79 Å². The van der Waals surface area contributed by atoms with E-state index >= 15 is 0 Å². The van der Waals surface area contributed by atoms with Crippen LogP contribution in [0.5, 0.6) is 0 Å². The van der Waals surface area contributed by atoms with Gasteiger partial charge in [0.25, 0.3) is 0 Å². The number of nitrogens with zero attached hydrogens (tertiary/aromatic N) is 2. The van der Waals surface area contributed by atoms with Crippen molar-refractivity contribution in [2.45, 2.75) is 70.8 Å². The van der Waals surface area contributed by atoms with E-state index < -0.39 is 0 Å². The molecule has 1 aliphatic heterocycles. The Morgan fingerprint density at radius 1 is 1.11 bits per heavy atom. The van der Waals surface area contributed by atoms with Crippen molar-refractivity contribution in [3.8, 4) is 0 Å². The van der Waals surface area contributed by atoms with E-state index in [1.165, 1.54) is 44.9 Å². The maximum Gasteiger partial charge on any atom is 0.343 e. The zero-order valence-electron chi connectivity index (χ0n) is 11.9. The zero-order chi connectivity index (χ0) is 13.4. The van der Waals surface area contributed by atoms with E-state index in [1.54, 1.807) is 11.9 Å². The summed E-state index contributed by atoms with van der Waals surface area (Å²) in [5, 5.41) is 10.1. The second-order valence-electron chi connectivity index (χ2n) is 5.39. The van der Waals surface area contributed by atoms with Crippen LogP contribution in [0, 0.1) is 0 Å². The van der Waals surface area contributed by atoms with Crippen LogP contribution in [0.1, 0.15) is 64.7 Å². The molecule has 1 aliphatic rings. The van der Waals surface area contributed by atoms with Gasteiger partial charge < -0.3 is 4.90 Å². The molecule has 18 heavy (non-hydrogen) atoms. The fourth-order valence-corrected chi connectivity index (χ4v) is 2.54. The SMILES string of the molecule is CCCCCCCCCCC1CN(O)C(=O)N1C. The number of rotatable bonds is 9. The van der Waals surface area contributed by atoms with Crippen molar-refractivity contribution in [3.05, 3.63) is 0 Å². The Labute approximate surface area is 111 Å². The van der Waals surface area contributed by atoms with Gasteiger partial charge in [0.05, 0.1) is 12.6 Å². The molecular weight excluding hydrogens is 228 g/mol. The molecule has 1 unspecified atom stereocenters. The molecule has 0 saturated carbocycles. The van der Waals surface area contributed by atoms with Gasteiger partial charge in [-0.1, -0.05) is 58.3 Å². The number of hydrogen-bond donors (Lipinski definition) is 1. The average molecular weight is 256 g/mol. The molecule has 1 heterocycles. The first kappa shape index (κ1) is 15.3. The molecular formula is C14H28N2O2. The third kappa shape index (κ3) is 4.84. The fraction of sp³-hybridized carbons (Fsp3) is 0.929. The number of carbonyl (C=O) groups excluding carboxylic acids is 1. The molecule has 0 aromatic heterocycles. The van der Waals surface area contributed by atoms with Crippen LogP contribution in [0.25, 0.3) is 0 Å². The van der Waals surface area contributed by atoms with Crippen LogP contribution in [0.3, 0.4) is 0 Å². The number of urea groups is 1. The zero-order valence-corrected chi connectivity index (χ0v) is 11.9. The highest BCUT2D eigenvalue weighted by Crippen LogP contribution is 2.18. The van der Waals surface area contributed by atoms with Crippen molar-refractivity contribution in [3.63, 3.8) is 0 Å². The summed E-state index contributed by atoms with van der Waals surface area (Å²) in [5.74, 6) is 0. The summed E-state index contributed by atoms with van der Waals surface area (Å²) < 4.78 is 0. The third-order valence-electron chi connectivity index (χ3n) is 3.84.